The number of ether oxygens (including phenoxy) is 1. The highest BCUT2D eigenvalue weighted by atomic mass is 16.6. The number of benzene rings is 2. The van der Waals surface area contributed by atoms with Crippen LogP contribution in [0.5, 0.6) is 0 Å². The number of amides is 3. The Morgan fingerprint density at radius 2 is 1.67 bits per heavy atom. The minimum Gasteiger partial charge on any atom is -0.444 e. The fourth-order valence-corrected chi connectivity index (χ4v) is 3.28. The number of rotatable bonds is 9. The normalized spacial score (nSPS) is 11.8. The van der Waals surface area contributed by atoms with E-state index in [-0.39, 0.29) is 19.0 Å². The van der Waals surface area contributed by atoms with Crippen LogP contribution >= 0.6 is 0 Å². The topological polar surface area (TPSA) is 87.7 Å². The minimum atomic E-state index is -0.888. The molecule has 0 fully saturated rings. The van der Waals surface area contributed by atoms with Crippen molar-refractivity contribution in [2.24, 2.45) is 0 Å². The minimum absolute atomic E-state index is 0.132. The number of alkyl carbamates (subject to hydrolysis) is 1. The molecule has 0 aliphatic rings. The van der Waals surface area contributed by atoms with Gasteiger partial charge in [0.15, 0.2) is 0 Å². The number of carbonyl (C=O) groups excluding carboxylic acids is 3. The Morgan fingerprint density at radius 1 is 1.03 bits per heavy atom. The summed E-state index contributed by atoms with van der Waals surface area (Å²) in [6.07, 6.45) is 0.858. The Hall–Kier alpha value is -3.61. The van der Waals surface area contributed by atoms with Gasteiger partial charge in [0.05, 0.1) is 0 Å². The molecule has 0 aromatic heterocycles. The highest BCUT2D eigenvalue weighted by Crippen LogP contribution is 2.25. The quantitative estimate of drug-likeness (QED) is 0.566. The molecule has 0 aliphatic carbocycles. The number of aryl methyl sites for hydroxylation is 1. The molecule has 7 nitrogen and oxygen atoms in total. The first-order valence-electron chi connectivity index (χ1n) is 10.9. The second-order valence-corrected chi connectivity index (χ2v) is 8.65. The van der Waals surface area contributed by atoms with Gasteiger partial charge in [-0.05, 0) is 44.4 Å². The molecule has 0 bridgehead atoms. The highest BCUT2D eigenvalue weighted by molar-refractivity contribution is 5.90. The number of hydrogen-bond donors (Lipinski definition) is 2. The third-order valence-corrected chi connectivity index (χ3v) is 4.78. The van der Waals surface area contributed by atoms with E-state index >= 15 is 0 Å². The molecular formula is C26H33N3O4. The van der Waals surface area contributed by atoms with Crippen molar-refractivity contribution in [1.29, 1.82) is 0 Å². The Labute approximate surface area is 195 Å². The van der Waals surface area contributed by atoms with E-state index < -0.39 is 23.6 Å². The van der Waals surface area contributed by atoms with Crippen LogP contribution in [0.1, 0.15) is 43.5 Å². The average molecular weight is 452 g/mol. The molecule has 3 amide bonds. The molecule has 0 saturated carbocycles. The molecular weight excluding hydrogens is 418 g/mol. The van der Waals surface area contributed by atoms with Gasteiger partial charge in [0.25, 0.3) is 0 Å². The molecule has 33 heavy (non-hydrogen) atoms. The number of hydrogen-bond acceptors (Lipinski definition) is 4. The Kier molecular flexibility index (Phi) is 9.21. The summed E-state index contributed by atoms with van der Waals surface area (Å²) in [5.74, 6) is -0.746. The molecule has 2 aromatic rings. The van der Waals surface area contributed by atoms with Crippen molar-refractivity contribution in [1.82, 2.24) is 15.5 Å². The van der Waals surface area contributed by atoms with E-state index in [2.05, 4.69) is 17.2 Å². The van der Waals surface area contributed by atoms with E-state index in [1.54, 1.807) is 26.8 Å². The Morgan fingerprint density at radius 3 is 2.27 bits per heavy atom. The van der Waals surface area contributed by atoms with Crippen LogP contribution < -0.4 is 10.6 Å². The van der Waals surface area contributed by atoms with Gasteiger partial charge in [-0.1, -0.05) is 60.7 Å². The highest BCUT2D eigenvalue weighted by Gasteiger charge is 2.32. The van der Waals surface area contributed by atoms with Gasteiger partial charge in [0.2, 0.25) is 11.8 Å². The van der Waals surface area contributed by atoms with Crippen molar-refractivity contribution in [3.63, 3.8) is 0 Å². The van der Waals surface area contributed by atoms with Crippen LogP contribution in [0.4, 0.5) is 4.79 Å². The fraction of sp³-hybridized carbons (Fsp3) is 0.346. The first-order chi connectivity index (χ1) is 15.6. The lowest BCUT2D eigenvalue weighted by atomic mass is 9.98. The van der Waals surface area contributed by atoms with Crippen LogP contribution in [0.25, 0.3) is 0 Å². The third-order valence-electron chi connectivity index (χ3n) is 4.78. The summed E-state index contributed by atoms with van der Waals surface area (Å²) >= 11 is 0. The van der Waals surface area contributed by atoms with Gasteiger partial charge >= 0.3 is 6.09 Å². The SMILES string of the molecule is C=CCN(C(=O)CNC(=O)OC(C)(C)C)C(C(=O)NCc1ccccc1)c1ccccc1C. The molecule has 1 atom stereocenters. The van der Waals surface area contributed by atoms with Crippen LogP contribution in [-0.2, 0) is 20.9 Å². The summed E-state index contributed by atoms with van der Waals surface area (Å²) in [5, 5.41) is 5.41. The summed E-state index contributed by atoms with van der Waals surface area (Å²) in [5.41, 5.74) is 1.84. The lowest BCUT2D eigenvalue weighted by Gasteiger charge is -2.31. The lowest BCUT2D eigenvalue weighted by molar-refractivity contribution is -0.139. The first kappa shape index (κ1) is 25.6. The van der Waals surface area contributed by atoms with Crippen molar-refractivity contribution in [2.75, 3.05) is 13.1 Å². The maximum atomic E-state index is 13.4. The molecule has 2 N–H and O–H groups in total. The van der Waals surface area contributed by atoms with Crippen LogP contribution in [-0.4, -0.2) is 41.5 Å². The van der Waals surface area contributed by atoms with Gasteiger partial charge in [-0.3, -0.25) is 9.59 Å². The zero-order valence-corrected chi connectivity index (χ0v) is 19.8. The fourth-order valence-electron chi connectivity index (χ4n) is 3.28. The largest absolute Gasteiger partial charge is 0.444 e. The number of nitrogens with zero attached hydrogens (tertiary/aromatic N) is 1. The van der Waals surface area contributed by atoms with E-state index in [0.717, 1.165) is 11.1 Å². The van der Waals surface area contributed by atoms with Crippen molar-refractivity contribution in [3.05, 3.63) is 83.9 Å². The third kappa shape index (κ3) is 8.11. The lowest BCUT2D eigenvalue weighted by Crippen LogP contribution is -2.48. The second-order valence-electron chi connectivity index (χ2n) is 8.65. The molecule has 2 aromatic carbocycles. The number of carbonyl (C=O) groups is 3. The van der Waals surface area contributed by atoms with Crippen molar-refractivity contribution in [3.8, 4) is 0 Å². The molecule has 0 radical (unpaired) electrons. The Bertz CT molecular complexity index is 967. The second kappa shape index (κ2) is 11.9. The summed E-state index contributed by atoms with van der Waals surface area (Å²) in [7, 11) is 0. The van der Waals surface area contributed by atoms with Gasteiger partial charge in [-0.15, -0.1) is 6.58 Å². The van der Waals surface area contributed by atoms with Crippen LogP contribution in [0, 0.1) is 6.92 Å². The zero-order chi connectivity index (χ0) is 24.4. The van der Waals surface area contributed by atoms with Crippen molar-refractivity contribution in [2.45, 2.75) is 45.9 Å². The molecule has 0 heterocycles. The van der Waals surface area contributed by atoms with Crippen LogP contribution in [0.2, 0.25) is 0 Å². The summed E-state index contributed by atoms with van der Waals surface area (Å²) < 4.78 is 5.21. The molecule has 176 valence electrons. The van der Waals surface area contributed by atoms with Gasteiger partial charge in [-0.25, -0.2) is 4.79 Å². The van der Waals surface area contributed by atoms with Gasteiger partial charge < -0.3 is 20.3 Å². The molecule has 7 heteroatoms. The maximum absolute atomic E-state index is 13.4. The first-order valence-corrected chi connectivity index (χ1v) is 10.9. The van der Waals surface area contributed by atoms with E-state index in [4.69, 9.17) is 4.74 Å². The smallest absolute Gasteiger partial charge is 0.408 e. The maximum Gasteiger partial charge on any atom is 0.408 e. The Balaban J connectivity index is 2.26. The van der Waals surface area contributed by atoms with Gasteiger partial charge in [-0.2, -0.15) is 0 Å². The molecule has 0 aliphatic heterocycles. The van der Waals surface area contributed by atoms with Crippen molar-refractivity contribution >= 4 is 17.9 Å². The summed E-state index contributed by atoms with van der Waals surface area (Å²) in [4.78, 5) is 39.9. The number of nitrogens with one attached hydrogen (secondary N) is 2. The van der Waals surface area contributed by atoms with E-state index in [1.165, 1.54) is 4.90 Å². The molecule has 2 rings (SSSR count). The van der Waals surface area contributed by atoms with Crippen LogP contribution in [0.3, 0.4) is 0 Å². The summed E-state index contributed by atoms with van der Waals surface area (Å²) in [6, 6.07) is 16.1. The summed E-state index contributed by atoms with van der Waals surface area (Å²) in [6.45, 7) is 11.0. The van der Waals surface area contributed by atoms with E-state index in [0.29, 0.717) is 12.1 Å². The monoisotopic (exact) mass is 451 g/mol. The van der Waals surface area contributed by atoms with Gasteiger partial charge in [0.1, 0.15) is 18.2 Å². The standard InChI is InChI=1S/C26H33N3O4/c1-6-16-29(22(30)18-28-25(32)33-26(3,4)5)23(21-15-11-10-12-19(21)2)24(31)27-17-20-13-8-7-9-14-20/h6-15,23H,1,16-18H2,2-5H3,(H,27,31)(H,28,32). The average Bonchev–Trinajstić information content (AvgIpc) is 2.76. The van der Waals surface area contributed by atoms with Gasteiger partial charge in [0, 0.05) is 13.1 Å². The van der Waals surface area contributed by atoms with Crippen LogP contribution in [0.15, 0.2) is 67.3 Å². The zero-order valence-electron chi connectivity index (χ0n) is 19.8. The van der Waals surface area contributed by atoms with Crippen molar-refractivity contribution < 1.29 is 19.1 Å². The van der Waals surface area contributed by atoms with E-state index in [9.17, 15) is 14.4 Å². The van der Waals surface area contributed by atoms with E-state index in [1.807, 2.05) is 61.5 Å². The molecule has 1 unspecified atom stereocenters. The predicted molar refractivity (Wildman–Crippen MR) is 128 cm³/mol. The molecule has 0 saturated heterocycles. The predicted octanol–water partition coefficient (Wildman–Crippen LogP) is 3.89. The molecule has 0 spiro atoms.